The molecule has 0 aliphatic rings. The molecule has 1 nitrogen and oxygen atoms in total. The highest BCUT2D eigenvalue weighted by Crippen LogP contribution is 2.31. The van der Waals surface area contributed by atoms with E-state index in [4.69, 9.17) is 5.73 Å². The van der Waals surface area contributed by atoms with Crippen molar-refractivity contribution in [2.75, 3.05) is 0 Å². The number of thiophene rings is 1. The van der Waals surface area contributed by atoms with E-state index in [1.807, 2.05) is 10.8 Å². The predicted molar refractivity (Wildman–Crippen MR) is 72.1 cm³/mol. The van der Waals surface area contributed by atoms with Gasteiger partial charge in [-0.15, -0.1) is 0 Å². The fourth-order valence-corrected chi connectivity index (χ4v) is 3.35. The summed E-state index contributed by atoms with van der Waals surface area (Å²) in [5.41, 5.74) is 7.44. The van der Waals surface area contributed by atoms with Gasteiger partial charge in [0.15, 0.2) is 0 Å². The minimum Gasteiger partial charge on any atom is -0.320 e. The van der Waals surface area contributed by atoms with Crippen LogP contribution in [0.15, 0.2) is 37.9 Å². The molecule has 84 valence electrons. The topological polar surface area (TPSA) is 26.0 Å². The first-order valence-corrected chi connectivity index (χ1v) is 7.04. The van der Waals surface area contributed by atoms with Crippen LogP contribution in [0.2, 0.25) is 0 Å². The molecule has 0 radical (unpaired) electrons. The second-order valence-corrected chi connectivity index (χ2v) is 5.83. The van der Waals surface area contributed by atoms with Gasteiger partial charge in [0.2, 0.25) is 0 Å². The number of benzene rings is 1. The van der Waals surface area contributed by atoms with Crippen molar-refractivity contribution in [2.24, 2.45) is 5.73 Å². The monoisotopic (exact) mass is 363 g/mol. The lowest BCUT2D eigenvalue weighted by atomic mass is 10.0. The number of hydrogen-bond donors (Lipinski definition) is 1. The zero-order valence-corrected chi connectivity index (χ0v) is 12.1. The van der Waals surface area contributed by atoms with E-state index in [0.29, 0.717) is 10.0 Å². The van der Waals surface area contributed by atoms with Crippen LogP contribution >= 0.6 is 43.2 Å². The Kier molecular flexibility index (Phi) is 3.79. The van der Waals surface area contributed by atoms with Gasteiger partial charge in [-0.2, -0.15) is 11.3 Å². The second kappa shape index (κ2) is 4.96. The minimum atomic E-state index is -0.436. The van der Waals surface area contributed by atoms with Crippen LogP contribution in [0.1, 0.15) is 17.2 Å². The average Bonchev–Trinajstić information content (AvgIpc) is 2.63. The van der Waals surface area contributed by atoms with Crippen LogP contribution in [-0.4, -0.2) is 0 Å². The Labute approximate surface area is 114 Å². The maximum atomic E-state index is 13.7. The Bertz CT molecular complexity index is 512. The molecule has 0 bridgehead atoms. The van der Waals surface area contributed by atoms with Gasteiger partial charge in [-0.05, 0) is 39.0 Å². The normalized spacial score (nSPS) is 12.8. The van der Waals surface area contributed by atoms with Crippen molar-refractivity contribution in [3.05, 3.63) is 54.8 Å². The lowest BCUT2D eigenvalue weighted by molar-refractivity contribution is 0.599. The van der Waals surface area contributed by atoms with E-state index in [0.717, 1.165) is 10.0 Å². The van der Waals surface area contributed by atoms with Crippen molar-refractivity contribution >= 4 is 43.2 Å². The van der Waals surface area contributed by atoms with Gasteiger partial charge >= 0.3 is 0 Å². The van der Waals surface area contributed by atoms with Gasteiger partial charge in [0, 0.05) is 19.9 Å². The minimum absolute atomic E-state index is 0.292. The molecule has 0 saturated heterocycles. The molecule has 1 aromatic heterocycles. The molecule has 1 heterocycles. The summed E-state index contributed by atoms with van der Waals surface area (Å²) in [6.45, 7) is 0. The maximum Gasteiger partial charge on any atom is 0.129 e. The SMILES string of the molecule is NC(c1ccc(Br)cc1F)c1cscc1Br. The molecule has 1 unspecified atom stereocenters. The summed E-state index contributed by atoms with van der Waals surface area (Å²) >= 11 is 8.16. The summed E-state index contributed by atoms with van der Waals surface area (Å²) in [5.74, 6) is -0.292. The third-order valence-corrected chi connectivity index (χ3v) is 4.52. The highest BCUT2D eigenvalue weighted by atomic mass is 79.9. The lowest BCUT2D eigenvalue weighted by Gasteiger charge is -2.12. The molecule has 2 rings (SSSR count). The van der Waals surface area contributed by atoms with Gasteiger partial charge in [-0.3, -0.25) is 0 Å². The van der Waals surface area contributed by atoms with Crippen LogP contribution in [0.25, 0.3) is 0 Å². The van der Waals surface area contributed by atoms with Crippen LogP contribution in [0.3, 0.4) is 0 Å². The number of nitrogens with two attached hydrogens (primary N) is 1. The largest absolute Gasteiger partial charge is 0.320 e. The average molecular weight is 365 g/mol. The fourth-order valence-electron chi connectivity index (χ4n) is 1.43. The number of hydrogen-bond acceptors (Lipinski definition) is 2. The summed E-state index contributed by atoms with van der Waals surface area (Å²) in [6, 6.07) is 4.48. The molecule has 2 N–H and O–H groups in total. The molecule has 1 aromatic carbocycles. The van der Waals surface area contributed by atoms with E-state index in [-0.39, 0.29) is 5.82 Å². The van der Waals surface area contributed by atoms with E-state index in [9.17, 15) is 4.39 Å². The predicted octanol–water partition coefficient (Wildman–Crippen LogP) is 4.46. The van der Waals surface area contributed by atoms with E-state index in [1.54, 1.807) is 12.1 Å². The van der Waals surface area contributed by atoms with Crippen molar-refractivity contribution < 1.29 is 4.39 Å². The quantitative estimate of drug-likeness (QED) is 0.836. The van der Waals surface area contributed by atoms with E-state index >= 15 is 0 Å². The van der Waals surface area contributed by atoms with Crippen molar-refractivity contribution in [2.45, 2.75) is 6.04 Å². The Morgan fingerprint density at radius 3 is 2.50 bits per heavy atom. The molecule has 0 saturated carbocycles. The van der Waals surface area contributed by atoms with E-state index in [1.165, 1.54) is 17.4 Å². The van der Waals surface area contributed by atoms with Crippen LogP contribution in [-0.2, 0) is 0 Å². The number of halogens is 3. The van der Waals surface area contributed by atoms with E-state index < -0.39 is 6.04 Å². The molecule has 1 atom stereocenters. The molecule has 0 aliphatic carbocycles. The highest BCUT2D eigenvalue weighted by molar-refractivity contribution is 9.10. The van der Waals surface area contributed by atoms with Gasteiger partial charge in [0.25, 0.3) is 0 Å². The summed E-state index contributed by atoms with van der Waals surface area (Å²) in [7, 11) is 0. The standard InChI is InChI=1S/C11H8Br2FNS/c12-6-1-2-7(10(14)3-6)11(15)8-4-16-5-9(8)13/h1-5,11H,15H2. The van der Waals surface area contributed by atoms with Gasteiger partial charge in [-0.1, -0.05) is 22.0 Å². The molecular formula is C11H8Br2FNS. The third-order valence-electron chi connectivity index (χ3n) is 2.27. The summed E-state index contributed by atoms with van der Waals surface area (Å²) < 4.78 is 15.3. The van der Waals surface area contributed by atoms with E-state index in [2.05, 4.69) is 31.9 Å². The zero-order chi connectivity index (χ0) is 11.7. The first-order chi connectivity index (χ1) is 7.59. The molecule has 16 heavy (non-hydrogen) atoms. The summed E-state index contributed by atoms with van der Waals surface area (Å²) in [5, 5.41) is 3.86. The van der Waals surface area contributed by atoms with Crippen molar-refractivity contribution in [3.63, 3.8) is 0 Å². The Morgan fingerprint density at radius 1 is 1.19 bits per heavy atom. The number of rotatable bonds is 2. The molecular weight excluding hydrogens is 357 g/mol. The smallest absolute Gasteiger partial charge is 0.129 e. The Balaban J connectivity index is 2.41. The molecule has 0 spiro atoms. The molecule has 5 heteroatoms. The maximum absolute atomic E-state index is 13.7. The lowest BCUT2D eigenvalue weighted by Crippen LogP contribution is -2.13. The fraction of sp³-hybridized carbons (Fsp3) is 0.0909. The summed E-state index contributed by atoms with van der Waals surface area (Å²) in [4.78, 5) is 0. The first-order valence-electron chi connectivity index (χ1n) is 4.51. The summed E-state index contributed by atoms with van der Waals surface area (Å²) in [6.07, 6.45) is 0. The molecule has 0 amide bonds. The van der Waals surface area contributed by atoms with Crippen molar-refractivity contribution in [1.82, 2.24) is 0 Å². The highest BCUT2D eigenvalue weighted by Gasteiger charge is 2.16. The first kappa shape index (κ1) is 12.2. The van der Waals surface area contributed by atoms with Crippen molar-refractivity contribution in [3.8, 4) is 0 Å². The molecule has 0 fully saturated rings. The third kappa shape index (κ3) is 2.37. The van der Waals surface area contributed by atoms with Gasteiger partial charge in [0.1, 0.15) is 5.82 Å². The van der Waals surface area contributed by atoms with Gasteiger partial charge in [-0.25, -0.2) is 4.39 Å². The van der Waals surface area contributed by atoms with Crippen LogP contribution < -0.4 is 5.73 Å². The van der Waals surface area contributed by atoms with Gasteiger partial charge in [0.05, 0.1) is 6.04 Å². The van der Waals surface area contributed by atoms with Crippen LogP contribution in [0.4, 0.5) is 4.39 Å². The zero-order valence-electron chi connectivity index (χ0n) is 8.08. The molecule has 0 aliphatic heterocycles. The van der Waals surface area contributed by atoms with Crippen LogP contribution in [0, 0.1) is 5.82 Å². The Hall–Kier alpha value is -0.230. The second-order valence-electron chi connectivity index (χ2n) is 3.32. The van der Waals surface area contributed by atoms with Gasteiger partial charge < -0.3 is 5.73 Å². The molecule has 2 aromatic rings. The van der Waals surface area contributed by atoms with Crippen molar-refractivity contribution in [1.29, 1.82) is 0 Å². The Morgan fingerprint density at radius 2 is 1.94 bits per heavy atom. The van der Waals surface area contributed by atoms with Crippen LogP contribution in [0.5, 0.6) is 0 Å².